The largest absolute Gasteiger partial charge is 0.351 e. The van der Waals surface area contributed by atoms with Crippen molar-refractivity contribution < 1.29 is 4.74 Å². The molecule has 6 rings (SSSR count). The number of aromatic nitrogens is 1. The average Bonchev–Trinajstić information content (AvgIpc) is 3.35. The van der Waals surface area contributed by atoms with E-state index < -0.39 is 0 Å². The fraction of sp³-hybridized carbons (Fsp3) is 0.154. The second kappa shape index (κ2) is 6.36. The van der Waals surface area contributed by atoms with Crippen LogP contribution >= 0.6 is 0 Å². The number of hydrogen-bond acceptors (Lipinski definition) is 2. The van der Waals surface area contributed by atoms with Crippen molar-refractivity contribution in [1.82, 2.24) is 9.47 Å². The van der Waals surface area contributed by atoms with Gasteiger partial charge in [0.1, 0.15) is 0 Å². The van der Waals surface area contributed by atoms with E-state index in [1.54, 1.807) is 0 Å². The van der Waals surface area contributed by atoms with E-state index in [1.165, 1.54) is 39.0 Å². The summed E-state index contributed by atoms with van der Waals surface area (Å²) in [6, 6.07) is 30.2. The van der Waals surface area contributed by atoms with Crippen LogP contribution < -0.4 is 0 Å². The zero-order valence-corrected chi connectivity index (χ0v) is 16.3. The summed E-state index contributed by atoms with van der Waals surface area (Å²) < 4.78 is 8.79. The Hall–Kier alpha value is -3.30. The molecule has 0 bridgehead atoms. The fourth-order valence-electron chi connectivity index (χ4n) is 4.88. The summed E-state index contributed by atoms with van der Waals surface area (Å²) in [5.41, 5.74) is 7.50. The minimum Gasteiger partial charge on any atom is -0.351 e. The summed E-state index contributed by atoms with van der Waals surface area (Å²) in [6.45, 7) is 0.682. The van der Waals surface area contributed by atoms with Crippen molar-refractivity contribution in [3.8, 4) is 0 Å². The minimum atomic E-state index is -0.0819. The first-order chi connectivity index (χ1) is 14.3. The zero-order valence-electron chi connectivity index (χ0n) is 16.3. The topological polar surface area (TPSA) is 17.4 Å². The van der Waals surface area contributed by atoms with Gasteiger partial charge in [0.2, 0.25) is 0 Å². The Morgan fingerprint density at radius 2 is 1.52 bits per heavy atom. The highest BCUT2D eigenvalue weighted by Crippen LogP contribution is 2.51. The molecule has 1 aromatic heterocycles. The van der Waals surface area contributed by atoms with Crippen LogP contribution in [0.25, 0.3) is 22.7 Å². The lowest BCUT2D eigenvalue weighted by Crippen LogP contribution is -2.28. The summed E-state index contributed by atoms with van der Waals surface area (Å²) in [4.78, 5) is 2.47. The fourth-order valence-corrected chi connectivity index (χ4v) is 4.88. The molecule has 142 valence electrons. The van der Waals surface area contributed by atoms with Gasteiger partial charge in [-0.25, -0.2) is 0 Å². The Morgan fingerprint density at radius 3 is 2.31 bits per heavy atom. The molecule has 0 radical (unpaired) electrons. The van der Waals surface area contributed by atoms with Crippen LogP contribution in [-0.4, -0.2) is 16.1 Å². The Bertz CT molecular complexity index is 1220. The highest BCUT2D eigenvalue weighted by atomic mass is 16.5. The van der Waals surface area contributed by atoms with Gasteiger partial charge in [-0.2, -0.15) is 0 Å². The smallest absolute Gasteiger partial charge is 0.159 e. The van der Waals surface area contributed by atoms with Gasteiger partial charge in [0.15, 0.2) is 6.23 Å². The first-order valence-corrected chi connectivity index (χ1v) is 10.1. The first-order valence-electron chi connectivity index (χ1n) is 10.1. The summed E-state index contributed by atoms with van der Waals surface area (Å²) in [7, 11) is 2.15. The standard InChI is InChI=1S/C26H22N2O/c1-27-21-15-9-8-14-20(21)25-23(27)16-22(18-10-4-2-5-11-18)28-24(17-29-26(25)28)19-12-6-3-7-13-19/h2-16,24,26H,17H2,1H3/t24-,26-/m1/s1. The van der Waals surface area contributed by atoms with Gasteiger partial charge in [0, 0.05) is 29.2 Å². The van der Waals surface area contributed by atoms with Crippen LogP contribution in [0.4, 0.5) is 0 Å². The number of fused-ring (bicyclic) bond motifs is 5. The Morgan fingerprint density at radius 1 is 0.828 bits per heavy atom. The predicted molar refractivity (Wildman–Crippen MR) is 117 cm³/mol. The number of para-hydroxylation sites is 1. The molecule has 3 aromatic carbocycles. The SMILES string of the molecule is Cn1c2c(c3ccccc31)[C@H]1OC[C@H](c3ccccc3)N1C(c1ccccc1)=C2. The molecule has 0 spiro atoms. The number of aryl methyl sites for hydroxylation is 1. The third kappa shape index (κ3) is 2.41. The van der Waals surface area contributed by atoms with Gasteiger partial charge >= 0.3 is 0 Å². The molecule has 3 heterocycles. The summed E-state index contributed by atoms with van der Waals surface area (Å²) in [5.74, 6) is 0. The maximum atomic E-state index is 6.50. The lowest BCUT2D eigenvalue weighted by atomic mass is 9.97. The Balaban J connectivity index is 1.61. The van der Waals surface area contributed by atoms with Crippen LogP contribution in [0, 0.1) is 0 Å². The van der Waals surface area contributed by atoms with Gasteiger partial charge in [-0.05, 0) is 23.3 Å². The van der Waals surface area contributed by atoms with Crippen molar-refractivity contribution in [3.05, 3.63) is 107 Å². The summed E-state index contributed by atoms with van der Waals surface area (Å²) in [5, 5.41) is 1.28. The van der Waals surface area contributed by atoms with E-state index in [4.69, 9.17) is 4.74 Å². The molecule has 1 saturated heterocycles. The lowest BCUT2D eigenvalue weighted by molar-refractivity contribution is 0.0582. The molecular weight excluding hydrogens is 356 g/mol. The van der Waals surface area contributed by atoms with Gasteiger partial charge in [0.25, 0.3) is 0 Å². The molecule has 3 nitrogen and oxygen atoms in total. The maximum absolute atomic E-state index is 6.50. The molecule has 2 aliphatic heterocycles. The molecule has 4 aromatic rings. The van der Waals surface area contributed by atoms with E-state index in [0.29, 0.717) is 6.61 Å². The molecule has 3 heteroatoms. The van der Waals surface area contributed by atoms with Crippen LogP contribution in [0.3, 0.4) is 0 Å². The Kier molecular flexibility index (Phi) is 3.65. The number of benzene rings is 3. The van der Waals surface area contributed by atoms with Crippen LogP contribution in [0.15, 0.2) is 84.9 Å². The molecule has 0 amide bonds. The number of nitrogens with zero attached hydrogens (tertiary/aromatic N) is 2. The molecule has 2 atom stereocenters. The monoisotopic (exact) mass is 378 g/mol. The van der Waals surface area contributed by atoms with Crippen molar-refractivity contribution in [1.29, 1.82) is 0 Å². The zero-order chi connectivity index (χ0) is 19.4. The molecule has 2 aliphatic rings. The van der Waals surface area contributed by atoms with E-state index in [2.05, 4.69) is 108 Å². The van der Waals surface area contributed by atoms with Crippen LogP contribution in [-0.2, 0) is 11.8 Å². The second-order valence-electron chi connectivity index (χ2n) is 7.79. The first kappa shape index (κ1) is 16.6. The van der Waals surface area contributed by atoms with Crippen LogP contribution in [0.2, 0.25) is 0 Å². The van der Waals surface area contributed by atoms with Crippen molar-refractivity contribution in [2.24, 2.45) is 7.05 Å². The van der Waals surface area contributed by atoms with E-state index in [-0.39, 0.29) is 12.3 Å². The van der Waals surface area contributed by atoms with E-state index in [1.807, 2.05) is 0 Å². The minimum absolute atomic E-state index is 0.0819. The van der Waals surface area contributed by atoms with Crippen LogP contribution in [0.5, 0.6) is 0 Å². The second-order valence-corrected chi connectivity index (χ2v) is 7.79. The number of ether oxygens (including phenoxy) is 1. The van der Waals surface area contributed by atoms with E-state index in [0.717, 1.165) is 0 Å². The lowest BCUT2D eigenvalue weighted by Gasteiger charge is -2.36. The summed E-state index contributed by atoms with van der Waals surface area (Å²) in [6.07, 6.45) is 2.26. The van der Waals surface area contributed by atoms with Crippen LogP contribution in [0.1, 0.15) is 34.7 Å². The predicted octanol–water partition coefficient (Wildman–Crippen LogP) is 5.76. The molecule has 0 N–H and O–H groups in total. The van der Waals surface area contributed by atoms with Crippen molar-refractivity contribution in [2.75, 3.05) is 6.61 Å². The molecule has 0 saturated carbocycles. The van der Waals surface area contributed by atoms with Gasteiger partial charge in [-0.3, -0.25) is 0 Å². The highest BCUT2D eigenvalue weighted by Gasteiger charge is 2.43. The van der Waals surface area contributed by atoms with Gasteiger partial charge in [-0.1, -0.05) is 78.9 Å². The molecule has 0 unspecified atom stereocenters. The van der Waals surface area contributed by atoms with Gasteiger partial charge in [-0.15, -0.1) is 0 Å². The average molecular weight is 378 g/mol. The van der Waals surface area contributed by atoms with E-state index in [9.17, 15) is 0 Å². The molecule has 1 fully saturated rings. The molecule has 0 aliphatic carbocycles. The maximum Gasteiger partial charge on any atom is 0.159 e. The van der Waals surface area contributed by atoms with Gasteiger partial charge < -0.3 is 14.2 Å². The highest BCUT2D eigenvalue weighted by molar-refractivity contribution is 5.94. The number of rotatable bonds is 2. The quantitative estimate of drug-likeness (QED) is 0.441. The summed E-state index contributed by atoms with van der Waals surface area (Å²) >= 11 is 0. The number of hydrogen-bond donors (Lipinski definition) is 0. The van der Waals surface area contributed by atoms with Gasteiger partial charge in [0.05, 0.1) is 18.3 Å². The Labute approximate surface area is 170 Å². The van der Waals surface area contributed by atoms with Crippen molar-refractivity contribution in [3.63, 3.8) is 0 Å². The molecule has 29 heavy (non-hydrogen) atoms. The van der Waals surface area contributed by atoms with E-state index >= 15 is 0 Å². The van der Waals surface area contributed by atoms with Crippen molar-refractivity contribution in [2.45, 2.75) is 12.3 Å². The third-order valence-electron chi connectivity index (χ3n) is 6.25. The molecular formula is C26H22N2O. The third-order valence-corrected chi connectivity index (χ3v) is 6.25. The van der Waals surface area contributed by atoms with Crippen molar-refractivity contribution >= 4 is 22.7 Å². The normalized spacial score (nSPS) is 20.4.